The molecule has 2 atom stereocenters. The Morgan fingerprint density at radius 1 is 1.40 bits per heavy atom. The zero-order chi connectivity index (χ0) is 7.98. The molecule has 0 aromatic carbocycles. The van der Waals surface area contributed by atoms with Crippen molar-refractivity contribution in [2.45, 2.75) is 39.5 Å². The Morgan fingerprint density at radius 3 is 2.30 bits per heavy atom. The average molecular weight is 140 g/mol. The van der Waals surface area contributed by atoms with Crippen LogP contribution in [0, 0.1) is 25.7 Å². The molecule has 0 spiro atoms. The Bertz CT molecular complexity index is 64.4. The molecule has 0 bridgehead atoms. The van der Waals surface area contributed by atoms with E-state index in [2.05, 4.69) is 27.7 Å². The second-order valence-corrected chi connectivity index (χ2v) is 3.26. The topological polar surface area (TPSA) is 0 Å². The van der Waals surface area contributed by atoms with Crippen LogP contribution in [0.4, 0.5) is 0 Å². The van der Waals surface area contributed by atoms with Gasteiger partial charge in [0.1, 0.15) is 0 Å². The SMILES string of the molecule is [CH2]CCC(CC)CC([CH2])C. The molecule has 0 nitrogen and oxygen atoms in total. The van der Waals surface area contributed by atoms with Crippen LogP contribution < -0.4 is 0 Å². The largest absolute Gasteiger partial charge is 0.0651 e. The number of hydrogen-bond donors (Lipinski definition) is 0. The van der Waals surface area contributed by atoms with E-state index in [4.69, 9.17) is 0 Å². The van der Waals surface area contributed by atoms with Crippen molar-refractivity contribution in [1.82, 2.24) is 0 Å². The third kappa shape index (κ3) is 4.84. The van der Waals surface area contributed by atoms with Gasteiger partial charge in [-0.25, -0.2) is 0 Å². The van der Waals surface area contributed by atoms with Crippen molar-refractivity contribution in [3.63, 3.8) is 0 Å². The van der Waals surface area contributed by atoms with Gasteiger partial charge in [-0.1, -0.05) is 47.0 Å². The molecule has 10 heavy (non-hydrogen) atoms. The quantitative estimate of drug-likeness (QED) is 0.548. The van der Waals surface area contributed by atoms with E-state index < -0.39 is 0 Å². The molecule has 0 aromatic heterocycles. The Balaban J connectivity index is 3.39. The van der Waals surface area contributed by atoms with Crippen LogP contribution in [-0.2, 0) is 0 Å². The van der Waals surface area contributed by atoms with Gasteiger partial charge in [-0.15, -0.1) is 0 Å². The monoisotopic (exact) mass is 140 g/mol. The summed E-state index contributed by atoms with van der Waals surface area (Å²) in [5.74, 6) is 1.47. The summed E-state index contributed by atoms with van der Waals surface area (Å²) in [6.45, 7) is 12.3. The highest BCUT2D eigenvalue weighted by Gasteiger charge is 2.06. The summed E-state index contributed by atoms with van der Waals surface area (Å²) in [6.07, 6.45) is 4.91. The van der Waals surface area contributed by atoms with Crippen LogP contribution in [0.5, 0.6) is 0 Å². The van der Waals surface area contributed by atoms with Gasteiger partial charge in [0.05, 0.1) is 0 Å². The first-order chi connectivity index (χ1) is 4.70. The zero-order valence-corrected chi connectivity index (χ0v) is 7.40. The Kier molecular flexibility index (Phi) is 5.76. The Morgan fingerprint density at radius 2 is 2.00 bits per heavy atom. The number of rotatable bonds is 5. The lowest BCUT2D eigenvalue weighted by atomic mass is 9.91. The molecule has 0 rings (SSSR count). The van der Waals surface area contributed by atoms with E-state index in [1.807, 2.05) is 0 Å². The second kappa shape index (κ2) is 5.76. The van der Waals surface area contributed by atoms with Gasteiger partial charge in [0.15, 0.2) is 0 Å². The van der Waals surface area contributed by atoms with Gasteiger partial charge in [0.2, 0.25) is 0 Å². The molecule has 0 saturated carbocycles. The summed E-state index contributed by atoms with van der Waals surface area (Å²) in [4.78, 5) is 0. The lowest BCUT2D eigenvalue weighted by Gasteiger charge is -2.15. The molecule has 0 aliphatic carbocycles. The van der Waals surface area contributed by atoms with E-state index >= 15 is 0 Å². The van der Waals surface area contributed by atoms with Crippen molar-refractivity contribution < 1.29 is 0 Å². The lowest BCUT2D eigenvalue weighted by Crippen LogP contribution is -2.02. The van der Waals surface area contributed by atoms with E-state index in [1.165, 1.54) is 19.3 Å². The summed E-state index contributed by atoms with van der Waals surface area (Å²) in [5, 5.41) is 0. The van der Waals surface area contributed by atoms with E-state index in [9.17, 15) is 0 Å². The normalized spacial score (nSPS) is 14.1. The van der Waals surface area contributed by atoms with Gasteiger partial charge >= 0.3 is 0 Å². The highest BCUT2D eigenvalue weighted by atomic mass is 14.1. The molecule has 0 N–H and O–H groups in total. The van der Waals surface area contributed by atoms with Gasteiger partial charge in [-0.2, -0.15) is 0 Å². The molecule has 0 fully saturated rings. The maximum absolute atomic E-state index is 3.99. The first kappa shape index (κ1) is 10.0. The fraction of sp³-hybridized carbons (Fsp3) is 0.800. The fourth-order valence-corrected chi connectivity index (χ4v) is 1.35. The van der Waals surface area contributed by atoms with Gasteiger partial charge < -0.3 is 0 Å². The predicted molar refractivity (Wildman–Crippen MR) is 47.5 cm³/mol. The van der Waals surface area contributed by atoms with Crippen molar-refractivity contribution in [2.75, 3.05) is 0 Å². The molecular weight excluding hydrogens is 120 g/mol. The minimum absolute atomic E-state index is 0.608. The minimum atomic E-state index is 0.608. The maximum Gasteiger partial charge on any atom is -0.0414 e. The Hall–Kier alpha value is 0. The van der Waals surface area contributed by atoms with Crippen LogP contribution in [0.2, 0.25) is 0 Å². The summed E-state index contributed by atoms with van der Waals surface area (Å²) in [7, 11) is 0. The van der Waals surface area contributed by atoms with E-state index in [0.29, 0.717) is 5.92 Å². The summed E-state index contributed by atoms with van der Waals surface area (Å²) >= 11 is 0. The highest BCUT2D eigenvalue weighted by Crippen LogP contribution is 2.19. The van der Waals surface area contributed by atoms with Crippen LogP contribution in [0.1, 0.15) is 39.5 Å². The molecule has 0 aliphatic heterocycles. The summed E-state index contributed by atoms with van der Waals surface area (Å²) < 4.78 is 0. The van der Waals surface area contributed by atoms with E-state index in [0.717, 1.165) is 12.3 Å². The maximum atomic E-state index is 3.99. The zero-order valence-electron chi connectivity index (χ0n) is 7.40. The smallest absolute Gasteiger partial charge is 0.0414 e. The predicted octanol–water partition coefficient (Wildman–Crippen LogP) is 3.49. The van der Waals surface area contributed by atoms with Gasteiger partial charge in [-0.05, 0) is 18.3 Å². The third-order valence-corrected chi connectivity index (χ3v) is 1.93. The molecule has 0 aliphatic rings. The average Bonchev–Trinajstić information content (AvgIpc) is 1.86. The standard InChI is InChI=1S/C10H20/c1-5-7-10(6-2)8-9(3)4/h9-10H,1,3,5-8H2,2,4H3. The first-order valence-corrected chi connectivity index (χ1v) is 4.33. The van der Waals surface area contributed by atoms with Crippen LogP contribution in [0.3, 0.4) is 0 Å². The molecular formula is C10H20. The van der Waals surface area contributed by atoms with E-state index in [-0.39, 0.29) is 0 Å². The van der Waals surface area contributed by atoms with Crippen LogP contribution >= 0.6 is 0 Å². The van der Waals surface area contributed by atoms with Crippen molar-refractivity contribution in [3.05, 3.63) is 13.8 Å². The molecule has 0 heterocycles. The van der Waals surface area contributed by atoms with Crippen molar-refractivity contribution in [2.24, 2.45) is 11.8 Å². The summed E-state index contributed by atoms with van der Waals surface area (Å²) in [5.41, 5.74) is 0. The molecule has 2 unspecified atom stereocenters. The van der Waals surface area contributed by atoms with Crippen LogP contribution in [0.15, 0.2) is 0 Å². The van der Waals surface area contributed by atoms with Crippen molar-refractivity contribution in [1.29, 1.82) is 0 Å². The van der Waals surface area contributed by atoms with Crippen molar-refractivity contribution >= 4 is 0 Å². The number of hydrogen-bond acceptors (Lipinski definition) is 0. The molecule has 60 valence electrons. The molecule has 2 radical (unpaired) electrons. The van der Waals surface area contributed by atoms with Crippen LogP contribution in [0.25, 0.3) is 0 Å². The molecule has 0 aromatic rings. The van der Waals surface area contributed by atoms with Gasteiger partial charge in [0, 0.05) is 0 Å². The Labute approximate surface area is 66.0 Å². The molecule has 0 amide bonds. The summed E-state index contributed by atoms with van der Waals surface area (Å²) in [6, 6.07) is 0. The molecule has 0 saturated heterocycles. The fourth-order valence-electron chi connectivity index (χ4n) is 1.35. The van der Waals surface area contributed by atoms with Gasteiger partial charge in [-0.3, -0.25) is 0 Å². The molecule has 0 heteroatoms. The van der Waals surface area contributed by atoms with Gasteiger partial charge in [0.25, 0.3) is 0 Å². The minimum Gasteiger partial charge on any atom is -0.0651 e. The van der Waals surface area contributed by atoms with Crippen molar-refractivity contribution in [3.8, 4) is 0 Å². The lowest BCUT2D eigenvalue weighted by molar-refractivity contribution is 0.395. The third-order valence-electron chi connectivity index (χ3n) is 1.93. The second-order valence-electron chi connectivity index (χ2n) is 3.26. The highest BCUT2D eigenvalue weighted by molar-refractivity contribution is 4.63. The van der Waals surface area contributed by atoms with E-state index in [1.54, 1.807) is 0 Å². The van der Waals surface area contributed by atoms with Crippen LogP contribution in [-0.4, -0.2) is 0 Å². The first-order valence-electron chi connectivity index (χ1n) is 4.33.